The summed E-state index contributed by atoms with van der Waals surface area (Å²) in [5.74, 6) is 0. The van der Waals surface area contributed by atoms with Crippen molar-refractivity contribution in [1.82, 2.24) is 9.55 Å². The molecule has 0 saturated carbocycles. The molecule has 4 heteroatoms. The SMILES string of the molecule is Cc1cc(C=NO)c(C)n1-c1ccc2ncccc2c1. The largest absolute Gasteiger partial charge is 0.411 e. The molecule has 2 aromatic heterocycles. The van der Waals surface area contributed by atoms with Crippen LogP contribution in [0.5, 0.6) is 0 Å². The number of aryl methyl sites for hydroxylation is 1. The Hall–Kier alpha value is -2.62. The Morgan fingerprint density at radius 1 is 1.20 bits per heavy atom. The van der Waals surface area contributed by atoms with Gasteiger partial charge >= 0.3 is 0 Å². The number of nitrogens with zero attached hydrogens (tertiary/aromatic N) is 3. The van der Waals surface area contributed by atoms with Crippen LogP contribution in [0.4, 0.5) is 0 Å². The van der Waals surface area contributed by atoms with Crippen molar-refractivity contribution in [2.75, 3.05) is 0 Å². The van der Waals surface area contributed by atoms with Crippen molar-refractivity contribution in [3.8, 4) is 5.69 Å². The van der Waals surface area contributed by atoms with Crippen molar-refractivity contribution in [1.29, 1.82) is 0 Å². The quantitative estimate of drug-likeness (QED) is 0.438. The average molecular weight is 265 g/mol. The highest BCUT2D eigenvalue weighted by Gasteiger charge is 2.10. The summed E-state index contributed by atoms with van der Waals surface area (Å²) in [7, 11) is 0. The molecule has 1 aromatic carbocycles. The summed E-state index contributed by atoms with van der Waals surface area (Å²) in [5, 5.41) is 12.9. The van der Waals surface area contributed by atoms with Gasteiger partial charge in [0.15, 0.2) is 0 Å². The van der Waals surface area contributed by atoms with Crippen LogP contribution in [0.3, 0.4) is 0 Å². The van der Waals surface area contributed by atoms with Crippen molar-refractivity contribution >= 4 is 17.1 Å². The molecule has 1 N–H and O–H groups in total. The summed E-state index contributed by atoms with van der Waals surface area (Å²) in [4.78, 5) is 4.33. The number of benzene rings is 1. The zero-order chi connectivity index (χ0) is 14.1. The number of oxime groups is 1. The summed E-state index contributed by atoms with van der Waals surface area (Å²) < 4.78 is 2.14. The van der Waals surface area contributed by atoms with Crippen LogP contribution in [-0.4, -0.2) is 21.0 Å². The number of hydrogen-bond donors (Lipinski definition) is 1. The molecule has 0 unspecified atom stereocenters. The Bertz CT molecular complexity index is 803. The Morgan fingerprint density at radius 3 is 2.85 bits per heavy atom. The molecule has 4 nitrogen and oxygen atoms in total. The van der Waals surface area contributed by atoms with E-state index in [1.54, 1.807) is 6.20 Å². The number of rotatable bonds is 2. The van der Waals surface area contributed by atoms with E-state index in [1.165, 1.54) is 6.21 Å². The van der Waals surface area contributed by atoms with Gasteiger partial charge in [0.2, 0.25) is 0 Å². The van der Waals surface area contributed by atoms with Crippen LogP contribution in [0.2, 0.25) is 0 Å². The molecule has 0 fully saturated rings. The van der Waals surface area contributed by atoms with E-state index >= 15 is 0 Å². The van der Waals surface area contributed by atoms with Crippen molar-refractivity contribution in [2.45, 2.75) is 13.8 Å². The van der Waals surface area contributed by atoms with Crippen LogP contribution in [-0.2, 0) is 0 Å². The zero-order valence-electron chi connectivity index (χ0n) is 11.4. The fourth-order valence-electron chi connectivity index (χ4n) is 2.58. The van der Waals surface area contributed by atoms with Crippen LogP contribution < -0.4 is 0 Å². The molecule has 0 bridgehead atoms. The van der Waals surface area contributed by atoms with Gasteiger partial charge in [0.1, 0.15) is 0 Å². The molecule has 3 aromatic rings. The second-order valence-corrected chi connectivity index (χ2v) is 4.79. The van der Waals surface area contributed by atoms with Crippen molar-refractivity contribution in [3.05, 3.63) is 59.5 Å². The number of fused-ring (bicyclic) bond motifs is 1. The van der Waals surface area contributed by atoms with E-state index in [0.29, 0.717) is 0 Å². The molecule has 0 aliphatic carbocycles. The Balaban J connectivity index is 2.20. The summed E-state index contributed by atoms with van der Waals surface area (Å²) >= 11 is 0. The molecule has 0 radical (unpaired) electrons. The lowest BCUT2D eigenvalue weighted by Crippen LogP contribution is -1.99. The van der Waals surface area contributed by atoms with Gasteiger partial charge in [0, 0.05) is 34.2 Å². The second kappa shape index (κ2) is 4.81. The van der Waals surface area contributed by atoms with Gasteiger partial charge in [-0.05, 0) is 44.2 Å². The maximum atomic E-state index is 8.71. The fraction of sp³-hybridized carbons (Fsp3) is 0.125. The van der Waals surface area contributed by atoms with Gasteiger partial charge in [-0.25, -0.2) is 0 Å². The van der Waals surface area contributed by atoms with Crippen molar-refractivity contribution in [3.63, 3.8) is 0 Å². The smallest absolute Gasteiger partial charge is 0.0752 e. The zero-order valence-corrected chi connectivity index (χ0v) is 11.4. The first-order valence-electron chi connectivity index (χ1n) is 6.42. The fourth-order valence-corrected chi connectivity index (χ4v) is 2.58. The van der Waals surface area contributed by atoms with E-state index in [1.807, 2.05) is 32.0 Å². The first-order chi connectivity index (χ1) is 9.70. The standard InChI is InChI=1S/C16H15N3O/c1-11-8-14(10-18-20)12(2)19(11)15-5-6-16-13(9-15)4-3-7-17-16/h3-10,20H,1-2H3. The van der Waals surface area contributed by atoms with E-state index < -0.39 is 0 Å². The molecular weight excluding hydrogens is 250 g/mol. The molecule has 0 aliphatic heterocycles. The van der Waals surface area contributed by atoms with Gasteiger partial charge in [-0.3, -0.25) is 4.98 Å². The monoisotopic (exact) mass is 265 g/mol. The summed E-state index contributed by atoms with van der Waals surface area (Å²) in [6.07, 6.45) is 3.26. The number of aromatic nitrogens is 2. The van der Waals surface area contributed by atoms with E-state index in [0.717, 1.165) is 33.5 Å². The lowest BCUT2D eigenvalue weighted by atomic mass is 10.2. The van der Waals surface area contributed by atoms with Gasteiger partial charge in [0.05, 0.1) is 11.7 Å². The number of pyridine rings is 1. The van der Waals surface area contributed by atoms with E-state index in [9.17, 15) is 0 Å². The Morgan fingerprint density at radius 2 is 2.05 bits per heavy atom. The van der Waals surface area contributed by atoms with Crippen molar-refractivity contribution < 1.29 is 5.21 Å². The molecular formula is C16H15N3O. The minimum atomic E-state index is 0.913. The van der Waals surface area contributed by atoms with Crippen molar-refractivity contribution in [2.24, 2.45) is 5.16 Å². The Labute approximate surface area is 117 Å². The van der Waals surface area contributed by atoms with Crippen LogP contribution in [0.15, 0.2) is 47.8 Å². The third kappa shape index (κ3) is 1.95. The third-order valence-corrected chi connectivity index (χ3v) is 3.51. The highest BCUT2D eigenvalue weighted by Crippen LogP contribution is 2.22. The summed E-state index contributed by atoms with van der Waals surface area (Å²) in [6, 6.07) is 12.2. The molecule has 100 valence electrons. The number of hydrogen-bond acceptors (Lipinski definition) is 3. The van der Waals surface area contributed by atoms with Crippen LogP contribution in [0.1, 0.15) is 17.0 Å². The van der Waals surface area contributed by atoms with Gasteiger partial charge in [-0.2, -0.15) is 0 Å². The van der Waals surface area contributed by atoms with Gasteiger partial charge in [0.25, 0.3) is 0 Å². The first kappa shape index (κ1) is 12.4. The minimum absolute atomic E-state index is 0.913. The van der Waals surface area contributed by atoms with Crippen LogP contribution in [0.25, 0.3) is 16.6 Å². The first-order valence-corrected chi connectivity index (χ1v) is 6.42. The minimum Gasteiger partial charge on any atom is -0.411 e. The molecule has 2 heterocycles. The van der Waals surface area contributed by atoms with Gasteiger partial charge in [-0.1, -0.05) is 11.2 Å². The highest BCUT2D eigenvalue weighted by atomic mass is 16.4. The maximum Gasteiger partial charge on any atom is 0.0752 e. The molecule has 0 spiro atoms. The molecule has 0 amide bonds. The second-order valence-electron chi connectivity index (χ2n) is 4.79. The molecule has 0 aliphatic rings. The summed E-state index contributed by atoms with van der Waals surface area (Å²) in [5.41, 5.74) is 5.12. The lowest BCUT2D eigenvalue weighted by molar-refractivity contribution is 0.322. The summed E-state index contributed by atoms with van der Waals surface area (Å²) in [6.45, 7) is 4.05. The Kier molecular flexibility index (Phi) is 2.99. The van der Waals surface area contributed by atoms with E-state index in [-0.39, 0.29) is 0 Å². The normalized spacial score (nSPS) is 11.5. The molecule has 20 heavy (non-hydrogen) atoms. The molecule has 0 atom stereocenters. The van der Waals surface area contributed by atoms with Crippen LogP contribution in [0, 0.1) is 13.8 Å². The average Bonchev–Trinajstić information content (AvgIpc) is 2.73. The molecule has 0 saturated heterocycles. The van der Waals surface area contributed by atoms with Crippen LogP contribution >= 0.6 is 0 Å². The highest BCUT2D eigenvalue weighted by molar-refractivity contribution is 5.83. The third-order valence-electron chi connectivity index (χ3n) is 3.51. The lowest BCUT2D eigenvalue weighted by Gasteiger charge is -2.10. The predicted molar refractivity (Wildman–Crippen MR) is 79.9 cm³/mol. The van der Waals surface area contributed by atoms with Gasteiger partial charge < -0.3 is 9.77 Å². The topological polar surface area (TPSA) is 50.4 Å². The van der Waals surface area contributed by atoms with E-state index in [2.05, 4.69) is 32.9 Å². The maximum absolute atomic E-state index is 8.71. The molecule has 3 rings (SSSR count). The predicted octanol–water partition coefficient (Wildman–Crippen LogP) is 3.45. The van der Waals surface area contributed by atoms with E-state index in [4.69, 9.17) is 5.21 Å². The van der Waals surface area contributed by atoms with Gasteiger partial charge in [-0.15, -0.1) is 0 Å².